The number of rotatable bonds is 5. The molecular formula is C15H18IN3OS2. The van der Waals surface area contributed by atoms with Gasteiger partial charge in [0, 0.05) is 47.7 Å². The fraction of sp³-hybridized carbons (Fsp3) is 0.333. The number of nitriles is 1. The normalized spacial score (nSPS) is 9.82. The molecule has 7 heteroatoms. The first-order valence-corrected chi connectivity index (χ1v) is 11.3. The molecule has 0 fully saturated rings. The van der Waals surface area contributed by atoms with Crippen LogP contribution in [-0.4, -0.2) is 16.0 Å². The van der Waals surface area contributed by atoms with Crippen molar-refractivity contribution in [3.8, 4) is 6.07 Å². The van der Waals surface area contributed by atoms with Crippen LogP contribution in [0.1, 0.15) is 36.3 Å². The topological polar surface area (TPSA) is 57.8 Å². The molecule has 4 nitrogen and oxygen atoms in total. The van der Waals surface area contributed by atoms with Gasteiger partial charge < -0.3 is 4.72 Å². The van der Waals surface area contributed by atoms with Crippen LogP contribution in [0.4, 0.5) is 5.69 Å². The highest BCUT2D eigenvalue weighted by molar-refractivity contribution is 14.2. The van der Waals surface area contributed by atoms with Gasteiger partial charge in [0.2, 0.25) is 0 Å². The molecule has 1 heterocycles. The average molecular weight is 447 g/mol. The van der Waals surface area contributed by atoms with Crippen molar-refractivity contribution in [2.45, 2.75) is 27.2 Å². The Morgan fingerprint density at radius 2 is 2.09 bits per heavy atom. The Balaban J connectivity index is 0.00000116. The van der Waals surface area contributed by atoms with Crippen molar-refractivity contribution in [3.63, 3.8) is 0 Å². The lowest BCUT2D eigenvalue weighted by molar-refractivity contribution is 0.0993. The summed E-state index contributed by atoms with van der Waals surface area (Å²) < 4.78 is 5.11. The maximum Gasteiger partial charge on any atom is 0.194 e. The molecule has 22 heavy (non-hydrogen) atoms. The number of nitrogens with zero attached hydrogens (tertiary/aromatic N) is 2. The molecule has 1 aromatic carbocycles. The summed E-state index contributed by atoms with van der Waals surface area (Å²) in [4.78, 5) is 12.0. The van der Waals surface area contributed by atoms with Crippen molar-refractivity contribution in [2.24, 2.45) is 0 Å². The molecule has 0 radical (unpaired) electrons. The Morgan fingerprint density at radius 1 is 1.41 bits per heavy atom. The minimum Gasteiger partial charge on any atom is -0.330 e. The zero-order valence-electron chi connectivity index (χ0n) is 12.9. The molecular weight excluding hydrogens is 429 g/mol. The summed E-state index contributed by atoms with van der Waals surface area (Å²) in [5, 5.41) is 9.71. The Bertz CT molecular complexity index is 707. The maximum absolute atomic E-state index is 12.0. The lowest BCUT2D eigenvalue weighted by atomic mass is 10.1. The highest BCUT2D eigenvalue weighted by atomic mass is 127. The second-order valence-corrected chi connectivity index (χ2v) is 6.48. The number of carbonyl (C=O) groups excluding carboxylic acids is 1. The number of fused-ring (bicyclic) bond motifs is 1. The minimum atomic E-state index is -0.148. The number of halogens is 1. The SMILES string of the molecule is CC.CSNc1cc2c(cc1C)cc(C(=O)CC#N)n2SI. The Labute approximate surface area is 151 Å². The summed E-state index contributed by atoms with van der Waals surface area (Å²) in [6, 6.07) is 7.87. The number of ketones is 1. The van der Waals surface area contributed by atoms with Gasteiger partial charge in [-0.1, -0.05) is 25.8 Å². The first-order chi connectivity index (χ1) is 10.6. The van der Waals surface area contributed by atoms with Crippen molar-refractivity contribution in [3.05, 3.63) is 29.5 Å². The van der Waals surface area contributed by atoms with Crippen molar-refractivity contribution in [1.29, 1.82) is 5.26 Å². The first-order valence-electron chi connectivity index (χ1n) is 6.76. The number of hydrogen-bond donors (Lipinski definition) is 1. The van der Waals surface area contributed by atoms with E-state index in [0.717, 1.165) is 22.2 Å². The molecule has 2 aromatic rings. The predicted octanol–water partition coefficient (Wildman–Crippen LogP) is 5.61. The van der Waals surface area contributed by atoms with Gasteiger partial charge in [-0.3, -0.25) is 8.77 Å². The van der Waals surface area contributed by atoms with Crippen LogP contribution in [0.3, 0.4) is 0 Å². The van der Waals surface area contributed by atoms with E-state index in [2.05, 4.69) is 32.0 Å². The molecule has 0 aliphatic heterocycles. The van der Waals surface area contributed by atoms with E-state index in [1.54, 1.807) is 0 Å². The predicted molar refractivity (Wildman–Crippen MR) is 107 cm³/mol. The van der Waals surface area contributed by atoms with E-state index in [1.165, 1.54) is 21.1 Å². The van der Waals surface area contributed by atoms with Crippen molar-refractivity contribution < 1.29 is 4.79 Å². The van der Waals surface area contributed by atoms with Crippen LogP contribution in [-0.2, 0) is 0 Å². The van der Waals surface area contributed by atoms with Crippen molar-refractivity contribution in [1.82, 2.24) is 3.97 Å². The van der Waals surface area contributed by atoms with Crippen LogP contribution >= 0.6 is 42.3 Å². The van der Waals surface area contributed by atoms with Crippen molar-refractivity contribution >= 4 is 64.6 Å². The average Bonchev–Trinajstić information content (AvgIpc) is 2.87. The molecule has 0 amide bonds. The Kier molecular flexibility index (Phi) is 8.14. The molecule has 0 saturated heterocycles. The van der Waals surface area contributed by atoms with Gasteiger partial charge in [-0.25, -0.2) is 0 Å². The van der Waals surface area contributed by atoms with E-state index < -0.39 is 0 Å². The third-order valence-electron chi connectivity index (χ3n) is 2.91. The van der Waals surface area contributed by atoms with E-state index in [1.807, 2.05) is 49.2 Å². The third kappa shape index (κ3) is 4.12. The van der Waals surface area contributed by atoms with Gasteiger partial charge >= 0.3 is 0 Å². The van der Waals surface area contributed by atoms with Crippen LogP contribution < -0.4 is 4.72 Å². The van der Waals surface area contributed by atoms with Gasteiger partial charge in [0.1, 0.15) is 6.42 Å². The van der Waals surface area contributed by atoms with Crippen molar-refractivity contribution in [2.75, 3.05) is 11.0 Å². The quantitative estimate of drug-likeness (QED) is 0.367. The smallest absolute Gasteiger partial charge is 0.194 e. The standard InChI is InChI=1S/C13H12IN3OS2.C2H6/c1-8-5-9-6-12(13(18)3-4-15)17(20-14)11(9)7-10(8)16-19-2;1-2/h5-7,16H,3H2,1-2H3;1-2H3. The van der Waals surface area contributed by atoms with Crippen LogP contribution in [0.2, 0.25) is 0 Å². The first kappa shape index (κ1) is 19.2. The molecule has 0 spiro atoms. The summed E-state index contributed by atoms with van der Waals surface area (Å²) >= 11 is 3.68. The highest BCUT2D eigenvalue weighted by Crippen LogP contribution is 2.33. The fourth-order valence-corrected chi connectivity index (χ4v) is 4.17. The van der Waals surface area contributed by atoms with E-state index in [4.69, 9.17) is 5.26 Å². The zero-order valence-corrected chi connectivity index (χ0v) is 16.7. The van der Waals surface area contributed by atoms with E-state index in [0.29, 0.717) is 5.69 Å². The van der Waals surface area contributed by atoms with Gasteiger partial charge in [-0.05, 0) is 30.7 Å². The number of anilines is 1. The van der Waals surface area contributed by atoms with Crippen LogP contribution in [0, 0.1) is 18.3 Å². The second kappa shape index (κ2) is 9.33. The van der Waals surface area contributed by atoms with Gasteiger partial charge in [0.25, 0.3) is 0 Å². The molecule has 2 rings (SSSR count). The van der Waals surface area contributed by atoms with E-state index >= 15 is 0 Å². The summed E-state index contributed by atoms with van der Waals surface area (Å²) in [5.41, 5.74) is 3.71. The van der Waals surface area contributed by atoms with Crippen LogP contribution in [0.15, 0.2) is 18.2 Å². The molecule has 1 N–H and O–H groups in total. The van der Waals surface area contributed by atoms with Gasteiger partial charge in [-0.2, -0.15) is 5.26 Å². The number of aromatic nitrogens is 1. The van der Waals surface area contributed by atoms with Gasteiger partial charge in [0.15, 0.2) is 5.78 Å². The number of Topliss-reactive ketones (excluding diaryl/α,β-unsaturated/α-hetero) is 1. The molecule has 0 bridgehead atoms. The van der Waals surface area contributed by atoms with Gasteiger partial charge in [0.05, 0.1) is 17.3 Å². The van der Waals surface area contributed by atoms with Gasteiger partial charge in [-0.15, -0.1) is 0 Å². The second-order valence-electron chi connectivity index (χ2n) is 4.18. The summed E-state index contributed by atoms with van der Waals surface area (Å²) in [6.07, 6.45) is 1.88. The monoisotopic (exact) mass is 447 g/mol. The number of hydrogen-bond acceptors (Lipinski definition) is 5. The molecule has 0 atom stereocenters. The molecule has 0 unspecified atom stereocenters. The minimum absolute atomic E-state index is 0.0948. The van der Waals surface area contributed by atoms with Crippen LogP contribution in [0.25, 0.3) is 10.9 Å². The largest absolute Gasteiger partial charge is 0.330 e. The zero-order chi connectivity index (χ0) is 16.7. The molecule has 0 aliphatic rings. The van der Waals surface area contributed by atoms with E-state index in [9.17, 15) is 4.79 Å². The third-order valence-corrected chi connectivity index (χ3v) is 5.05. The summed E-state index contributed by atoms with van der Waals surface area (Å²) in [6.45, 7) is 6.03. The Morgan fingerprint density at radius 3 is 2.64 bits per heavy atom. The maximum atomic E-state index is 12.0. The van der Waals surface area contributed by atoms with Crippen LogP contribution in [0.5, 0.6) is 0 Å². The fourth-order valence-electron chi connectivity index (χ4n) is 2.00. The number of carbonyl (C=O) groups is 1. The molecule has 118 valence electrons. The molecule has 1 aromatic heterocycles. The number of benzene rings is 1. The Hall–Kier alpha value is -0.850. The van der Waals surface area contributed by atoms with E-state index in [-0.39, 0.29) is 12.2 Å². The highest BCUT2D eigenvalue weighted by Gasteiger charge is 2.16. The lowest BCUT2D eigenvalue weighted by Crippen LogP contribution is -2.02. The lowest BCUT2D eigenvalue weighted by Gasteiger charge is -2.08. The summed E-state index contributed by atoms with van der Waals surface area (Å²) in [5.74, 6) is -0.148. The molecule has 0 saturated carbocycles. The molecule has 0 aliphatic carbocycles. The number of nitrogens with one attached hydrogen (secondary N) is 1. The number of aryl methyl sites for hydroxylation is 1. The summed E-state index contributed by atoms with van der Waals surface area (Å²) in [7, 11) is 1.44.